The number of esters is 2. The molecule has 50 heavy (non-hydrogen) atoms. The number of nitrogen functional groups attached to an aromatic ring is 1. The third-order valence-corrected chi connectivity index (χ3v) is 10.8. The van der Waals surface area contributed by atoms with E-state index in [-0.39, 0.29) is 37.2 Å². The van der Waals surface area contributed by atoms with E-state index in [2.05, 4.69) is 24.8 Å². The summed E-state index contributed by atoms with van der Waals surface area (Å²) in [6.45, 7) is 13.9. The molecular weight excluding hydrogens is 675 g/mol. The number of imidazole rings is 1. The number of fused-ring (bicyclic) bond motifs is 2. The number of carbonyl (C=O) groups is 2. The summed E-state index contributed by atoms with van der Waals surface area (Å²) >= 11 is 0. The largest absolute Gasteiger partial charge is 0.465 e. The van der Waals surface area contributed by atoms with E-state index in [4.69, 9.17) is 29.2 Å². The van der Waals surface area contributed by atoms with E-state index in [1.54, 1.807) is 39.2 Å². The Balaban J connectivity index is 1.40. The first-order valence-electron chi connectivity index (χ1n) is 17.0. The number of ether oxygens (including phenoxy) is 4. The Kier molecular flexibility index (Phi) is 11.2. The zero-order chi connectivity index (χ0) is 36.6. The van der Waals surface area contributed by atoms with E-state index in [1.807, 2.05) is 18.7 Å². The van der Waals surface area contributed by atoms with Gasteiger partial charge in [-0.15, -0.1) is 0 Å². The van der Waals surface area contributed by atoms with Crippen molar-refractivity contribution in [2.45, 2.75) is 90.4 Å². The van der Waals surface area contributed by atoms with Gasteiger partial charge in [0.25, 0.3) is 0 Å². The van der Waals surface area contributed by atoms with E-state index in [1.165, 1.54) is 6.33 Å². The van der Waals surface area contributed by atoms with Gasteiger partial charge in [-0.05, 0) is 39.0 Å². The maximum atomic E-state index is 14.5. The SMILES string of the molecule is CCOC(=O)C(CC(C)C)=NP(=O)(NC(C(=O)OCC)C(C)C)OCC1OC2(C)C(n3cnc4c(N5CCOCC5)nc(N)nc43)C2(O)C1O. The number of nitrogens with one attached hydrogen (secondary N) is 1. The van der Waals surface area contributed by atoms with Crippen molar-refractivity contribution in [3.8, 4) is 0 Å². The van der Waals surface area contributed by atoms with Crippen LogP contribution in [0.25, 0.3) is 11.2 Å². The number of nitrogens with zero attached hydrogens (tertiary/aromatic N) is 6. The number of aromatic nitrogens is 4. The number of rotatable bonds is 15. The minimum atomic E-state index is -4.44. The molecule has 18 nitrogen and oxygen atoms in total. The van der Waals surface area contributed by atoms with Crippen molar-refractivity contribution < 1.29 is 47.8 Å². The number of morpholine rings is 1. The highest BCUT2D eigenvalue weighted by atomic mass is 31.2. The predicted octanol–water partition coefficient (Wildman–Crippen LogP) is 1.40. The van der Waals surface area contributed by atoms with Gasteiger partial charge in [-0.3, -0.25) is 9.32 Å². The lowest BCUT2D eigenvalue weighted by Gasteiger charge is -2.28. The van der Waals surface area contributed by atoms with Gasteiger partial charge < -0.3 is 44.4 Å². The summed E-state index contributed by atoms with van der Waals surface area (Å²) in [5.74, 6) is -1.38. The molecule has 3 fully saturated rings. The van der Waals surface area contributed by atoms with Crippen LogP contribution in [0, 0.1) is 11.8 Å². The normalized spacial score (nSPS) is 28.5. The Bertz CT molecular complexity index is 1650. The third kappa shape index (κ3) is 7.11. The highest BCUT2D eigenvalue weighted by molar-refractivity contribution is 7.55. The number of nitrogens with two attached hydrogens (primary N) is 1. The molecule has 2 saturated heterocycles. The summed E-state index contributed by atoms with van der Waals surface area (Å²) in [4.78, 5) is 41.0. The summed E-state index contributed by atoms with van der Waals surface area (Å²) in [6, 6.07) is -1.94. The molecule has 278 valence electrons. The molecule has 4 heterocycles. The summed E-state index contributed by atoms with van der Waals surface area (Å²) in [7, 11) is -4.44. The lowest BCUT2D eigenvalue weighted by Crippen LogP contribution is -2.42. The van der Waals surface area contributed by atoms with Gasteiger partial charge in [-0.1, -0.05) is 27.7 Å². The van der Waals surface area contributed by atoms with Crippen molar-refractivity contribution in [1.29, 1.82) is 0 Å². The fourth-order valence-electron chi connectivity index (χ4n) is 6.64. The van der Waals surface area contributed by atoms with E-state index < -0.39 is 67.6 Å². The Morgan fingerprint density at radius 1 is 1.18 bits per heavy atom. The zero-order valence-electron chi connectivity index (χ0n) is 29.6. The van der Waals surface area contributed by atoms with Gasteiger partial charge in [0.05, 0.1) is 39.4 Å². The molecule has 5 rings (SSSR count). The van der Waals surface area contributed by atoms with E-state index in [0.29, 0.717) is 43.3 Å². The van der Waals surface area contributed by atoms with Crippen LogP contribution in [0.3, 0.4) is 0 Å². The molecule has 19 heteroatoms. The lowest BCUT2D eigenvalue weighted by molar-refractivity contribution is -0.146. The summed E-state index contributed by atoms with van der Waals surface area (Å²) in [5.41, 5.74) is 3.61. The Labute approximate surface area is 290 Å². The molecule has 7 unspecified atom stereocenters. The maximum absolute atomic E-state index is 14.5. The van der Waals surface area contributed by atoms with E-state index in [9.17, 15) is 24.4 Å². The summed E-state index contributed by atoms with van der Waals surface area (Å²) in [5, 5.41) is 26.1. The number of anilines is 2. The highest BCUT2D eigenvalue weighted by Gasteiger charge is 2.85. The van der Waals surface area contributed by atoms with Crippen molar-refractivity contribution in [3.05, 3.63) is 6.33 Å². The molecule has 0 aromatic carbocycles. The molecule has 7 atom stereocenters. The molecule has 0 bridgehead atoms. The minimum absolute atomic E-state index is 0.0161. The van der Waals surface area contributed by atoms with Crippen LogP contribution in [0.1, 0.15) is 60.9 Å². The van der Waals surface area contributed by atoms with E-state index in [0.717, 1.165) is 0 Å². The molecule has 2 aromatic rings. The van der Waals surface area contributed by atoms with Gasteiger partial charge in [0, 0.05) is 13.1 Å². The predicted molar refractivity (Wildman–Crippen MR) is 182 cm³/mol. The van der Waals surface area contributed by atoms with E-state index >= 15 is 0 Å². The van der Waals surface area contributed by atoms with Crippen LogP contribution in [-0.4, -0.2) is 123 Å². The van der Waals surface area contributed by atoms with Crippen molar-refractivity contribution >= 4 is 48.3 Å². The fourth-order valence-corrected chi connectivity index (χ4v) is 8.41. The van der Waals surface area contributed by atoms with Gasteiger partial charge in [0.2, 0.25) is 5.95 Å². The van der Waals surface area contributed by atoms with Gasteiger partial charge in [-0.2, -0.15) is 14.7 Å². The second-order valence-corrected chi connectivity index (χ2v) is 15.3. The molecule has 0 radical (unpaired) electrons. The second-order valence-electron chi connectivity index (χ2n) is 13.5. The fraction of sp³-hybridized carbons (Fsp3) is 0.742. The molecule has 0 spiro atoms. The Morgan fingerprint density at radius 2 is 1.86 bits per heavy atom. The summed E-state index contributed by atoms with van der Waals surface area (Å²) in [6.07, 6.45) is -1.10. The summed E-state index contributed by atoms with van der Waals surface area (Å²) < 4.78 is 48.2. The van der Waals surface area contributed by atoms with Crippen LogP contribution in [0.5, 0.6) is 0 Å². The third-order valence-electron chi connectivity index (χ3n) is 9.15. The Hall–Kier alpha value is -3.25. The quantitative estimate of drug-likeness (QED) is 0.115. The van der Waals surface area contributed by atoms with Crippen molar-refractivity contribution in [1.82, 2.24) is 24.6 Å². The first-order chi connectivity index (χ1) is 23.6. The molecular formula is C31H49N8O10P. The molecule has 2 aromatic heterocycles. The molecule has 3 aliphatic rings. The highest BCUT2D eigenvalue weighted by Crippen LogP contribution is 2.68. The minimum Gasteiger partial charge on any atom is -0.465 e. The van der Waals surface area contributed by atoms with Crippen LogP contribution in [-0.2, 0) is 37.6 Å². The topological polar surface area (TPSA) is 235 Å². The first-order valence-corrected chi connectivity index (χ1v) is 18.5. The number of hydrogen-bond acceptors (Lipinski definition) is 15. The Morgan fingerprint density at radius 3 is 2.44 bits per heavy atom. The van der Waals surface area contributed by atoms with Gasteiger partial charge in [-0.25, -0.2) is 19.4 Å². The van der Waals surface area contributed by atoms with Gasteiger partial charge in [0.15, 0.2) is 17.0 Å². The van der Waals surface area contributed by atoms with Crippen molar-refractivity contribution in [3.63, 3.8) is 0 Å². The van der Waals surface area contributed by atoms with Crippen LogP contribution >= 0.6 is 7.67 Å². The number of aliphatic hydroxyl groups is 2. The van der Waals surface area contributed by atoms with Gasteiger partial charge >= 0.3 is 19.6 Å². The average Bonchev–Trinajstić information content (AvgIpc) is 3.26. The van der Waals surface area contributed by atoms with Crippen molar-refractivity contribution in [2.75, 3.05) is 56.8 Å². The molecule has 1 aliphatic carbocycles. The smallest absolute Gasteiger partial charge is 0.388 e. The van der Waals surface area contributed by atoms with Crippen LogP contribution < -0.4 is 15.7 Å². The number of carbonyl (C=O) groups excluding carboxylic acids is 2. The number of hydrogen-bond donors (Lipinski definition) is 4. The first kappa shape index (κ1) is 38.0. The average molecular weight is 725 g/mol. The standard InChI is InChI=1S/C31H49N8O10P/c1-8-46-26(41)19(14-17(3)4)36-50(44,37-21(18(5)6)27(42)47-9-2)48-15-20-23(40)31(43)28(30(31,7)49-20)39-16-33-22-24(34-29(32)35-25(22)39)38-10-12-45-13-11-38/h16-18,20-21,23,28,40,43H,8-15H2,1-7H3,(H,37,44)(H2,32,34,35). The molecule has 0 amide bonds. The molecule has 1 saturated carbocycles. The number of aliphatic hydroxyl groups excluding tert-OH is 1. The molecule has 2 aliphatic heterocycles. The van der Waals surface area contributed by atoms with Crippen LogP contribution in [0.2, 0.25) is 0 Å². The van der Waals surface area contributed by atoms with Crippen LogP contribution in [0.15, 0.2) is 11.1 Å². The second kappa shape index (κ2) is 14.8. The van der Waals surface area contributed by atoms with Crippen molar-refractivity contribution in [2.24, 2.45) is 16.6 Å². The maximum Gasteiger partial charge on any atom is 0.388 e. The lowest BCUT2D eigenvalue weighted by atomic mass is 10.1. The monoisotopic (exact) mass is 724 g/mol. The molecule has 5 N–H and O–H groups in total. The van der Waals surface area contributed by atoms with Gasteiger partial charge in [0.1, 0.15) is 41.2 Å². The zero-order valence-corrected chi connectivity index (χ0v) is 30.5. The van der Waals surface area contributed by atoms with Crippen LogP contribution in [0.4, 0.5) is 11.8 Å².